The quantitative estimate of drug-likeness (QED) is 0.514. The predicted molar refractivity (Wildman–Crippen MR) is 77.2 cm³/mol. The van der Waals surface area contributed by atoms with Crippen molar-refractivity contribution in [3.8, 4) is 0 Å². The zero-order chi connectivity index (χ0) is 17.2. The number of hydrogen-bond acceptors (Lipinski definition) is 5. The average molecular weight is 347 g/mol. The fraction of sp³-hybridized carbons (Fsp3) is 0.231. The summed E-state index contributed by atoms with van der Waals surface area (Å²) in [6.07, 6.45) is -3.25. The lowest BCUT2D eigenvalue weighted by atomic mass is 10.2. The number of hydrogen-bond donors (Lipinski definition) is 1. The van der Waals surface area contributed by atoms with Crippen LogP contribution in [0.5, 0.6) is 0 Å². The van der Waals surface area contributed by atoms with E-state index < -0.39 is 27.6 Å². The monoisotopic (exact) mass is 346 g/mol. The van der Waals surface area contributed by atoms with Gasteiger partial charge in [-0.3, -0.25) is 15.1 Å². The van der Waals surface area contributed by atoms with Crippen molar-refractivity contribution in [3.63, 3.8) is 0 Å². The number of pyridine rings is 2. The van der Waals surface area contributed by atoms with Gasteiger partial charge in [0.2, 0.25) is 5.15 Å². The highest BCUT2D eigenvalue weighted by Gasteiger charge is 2.36. The minimum absolute atomic E-state index is 0.0474. The Morgan fingerprint density at radius 1 is 1.39 bits per heavy atom. The molecule has 1 N–H and O–H groups in total. The molecule has 0 bridgehead atoms. The number of nitrogens with zero attached hydrogens (tertiary/aromatic N) is 3. The van der Waals surface area contributed by atoms with Gasteiger partial charge in [0.05, 0.1) is 4.92 Å². The number of aromatic nitrogens is 2. The highest BCUT2D eigenvalue weighted by Crippen LogP contribution is 2.37. The normalized spacial score (nSPS) is 11.3. The van der Waals surface area contributed by atoms with Crippen LogP contribution in [0.15, 0.2) is 24.4 Å². The SMILES string of the molecule is Cc1ccc(CNc2cc(C(F)(F)F)nc(Cl)c2[N+](=O)[O-])cn1. The summed E-state index contributed by atoms with van der Waals surface area (Å²) in [5.41, 5.74) is -0.960. The van der Waals surface area contributed by atoms with Crippen molar-refractivity contribution in [3.05, 3.63) is 56.6 Å². The molecule has 0 atom stereocenters. The molecule has 0 radical (unpaired) electrons. The first-order valence-electron chi connectivity index (χ1n) is 6.26. The molecule has 2 aromatic heterocycles. The van der Waals surface area contributed by atoms with Gasteiger partial charge in [0.15, 0.2) is 0 Å². The van der Waals surface area contributed by atoms with Gasteiger partial charge in [-0.2, -0.15) is 13.2 Å². The molecule has 0 saturated heterocycles. The molecule has 0 fully saturated rings. The van der Waals surface area contributed by atoms with Gasteiger partial charge in [-0.25, -0.2) is 4.98 Å². The summed E-state index contributed by atoms with van der Waals surface area (Å²) in [7, 11) is 0. The van der Waals surface area contributed by atoms with Crippen molar-refractivity contribution in [1.29, 1.82) is 0 Å². The van der Waals surface area contributed by atoms with Crippen molar-refractivity contribution < 1.29 is 18.1 Å². The maximum Gasteiger partial charge on any atom is 0.433 e. The molecule has 0 saturated carbocycles. The van der Waals surface area contributed by atoms with Crippen molar-refractivity contribution in [2.75, 3.05) is 5.32 Å². The Labute approximate surface area is 133 Å². The molecule has 0 amide bonds. The third-order valence-corrected chi connectivity index (χ3v) is 3.14. The third kappa shape index (κ3) is 4.07. The van der Waals surface area contributed by atoms with Crippen LogP contribution in [0.4, 0.5) is 24.5 Å². The summed E-state index contributed by atoms with van der Waals surface area (Å²) < 4.78 is 38.3. The molecule has 0 spiro atoms. The van der Waals surface area contributed by atoms with Gasteiger partial charge in [0.25, 0.3) is 0 Å². The molecule has 10 heteroatoms. The molecule has 0 aliphatic heterocycles. The summed E-state index contributed by atoms with van der Waals surface area (Å²) in [5.74, 6) is 0. The number of anilines is 1. The summed E-state index contributed by atoms with van der Waals surface area (Å²) in [4.78, 5) is 17.2. The number of nitrogens with one attached hydrogen (secondary N) is 1. The third-order valence-electron chi connectivity index (χ3n) is 2.88. The van der Waals surface area contributed by atoms with E-state index in [0.29, 0.717) is 11.6 Å². The molecule has 2 heterocycles. The Morgan fingerprint density at radius 3 is 2.61 bits per heavy atom. The van der Waals surface area contributed by atoms with E-state index in [2.05, 4.69) is 15.3 Å². The van der Waals surface area contributed by atoms with Crippen LogP contribution >= 0.6 is 11.6 Å². The van der Waals surface area contributed by atoms with Crippen molar-refractivity contribution >= 4 is 23.0 Å². The largest absolute Gasteiger partial charge is 0.433 e. The average Bonchev–Trinajstić information content (AvgIpc) is 2.44. The first kappa shape index (κ1) is 16.9. The molecular formula is C13H10ClF3N4O2. The van der Waals surface area contributed by atoms with Crippen LogP contribution in [0.1, 0.15) is 17.0 Å². The lowest BCUT2D eigenvalue weighted by Gasteiger charge is -2.11. The van der Waals surface area contributed by atoms with E-state index in [1.807, 2.05) is 0 Å². The van der Waals surface area contributed by atoms with E-state index >= 15 is 0 Å². The number of alkyl halides is 3. The molecule has 0 aromatic carbocycles. The summed E-state index contributed by atoms with van der Waals surface area (Å²) in [5, 5.41) is 12.8. The molecule has 23 heavy (non-hydrogen) atoms. The molecule has 2 aromatic rings. The number of rotatable bonds is 4. The minimum atomic E-state index is -4.76. The summed E-state index contributed by atoms with van der Waals surface area (Å²) in [6, 6.07) is 3.98. The van der Waals surface area contributed by atoms with Gasteiger partial charge >= 0.3 is 11.9 Å². The van der Waals surface area contributed by atoms with Gasteiger partial charge < -0.3 is 5.32 Å². The van der Waals surface area contributed by atoms with Gasteiger partial charge in [0.1, 0.15) is 11.4 Å². The molecule has 0 aliphatic rings. The molecular weight excluding hydrogens is 337 g/mol. The van der Waals surface area contributed by atoms with Crippen LogP contribution in [0.2, 0.25) is 5.15 Å². The Morgan fingerprint density at radius 2 is 2.09 bits per heavy atom. The second-order valence-electron chi connectivity index (χ2n) is 4.61. The Kier molecular flexibility index (Phi) is 4.69. The van der Waals surface area contributed by atoms with E-state index in [-0.39, 0.29) is 12.2 Å². The maximum absolute atomic E-state index is 12.8. The van der Waals surface area contributed by atoms with Gasteiger partial charge in [-0.15, -0.1) is 0 Å². The van der Waals surface area contributed by atoms with E-state index in [4.69, 9.17) is 11.6 Å². The van der Waals surface area contributed by atoms with Crippen LogP contribution in [0, 0.1) is 17.0 Å². The molecule has 122 valence electrons. The van der Waals surface area contributed by atoms with E-state index in [1.54, 1.807) is 19.1 Å². The van der Waals surface area contributed by atoms with Crippen LogP contribution in [0.25, 0.3) is 0 Å². The lowest BCUT2D eigenvalue weighted by molar-refractivity contribution is -0.384. The number of halogens is 4. The highest BCUT2D eigenvalue weighted by atomic mass is 35.5. The molecule has 0 aliphatic carbocycles. The topological polar surface area (TPSA) is 81.0 Å². The van der Waals surface area contributed by atoms with Gasteiger partial charge in [-0.05, 0) is 24.6 Å². The lowest BCUT2D eigenvalue weighted by Crippen LogP contribution is -2.12. The van der Waals surface area contributed by atoms with Crippen LogP contribution in [0.3, 0.4) is 0 Å². The van der Waals surface area contributed by atoms with Crippen LogP contribution in [-0.4, -0.2) is 14.9 Å². The fourth-order valence-corrected chi connectivity index (χ4v) is 2.02. The molecule has 0 unspecified atom stereocenters. The van der Waals surface area contributed by atoms with Crippen molar-refractivity contribution in [2.24, 2.45) is 0 Å². The van der Waals surface area contributed by atoms with E-state index in [1.165, 1.54) is 6.20 Å². The molecule has 2 rings (SSSR count). The van der Waals surface area contributed by atoms with Gasteiger partial charge in [0, 0.05) is 18.4 Å². The molecule has 6 nitrogen and oxygen atoms in total. The Hall–Kier alpha value is -2.42. The number of aryl methyl sites for hydroxylation is 1. The number of nitro groups is 1. The van der Waals surface area contributed by atoms with E-state index in [9.17, 15) is 23.3 Å². The first-order chi connectivity index (χ1) is 10.7. The predicted octanol–water partition coefficient (Wildman–Crippen LogP) is 3.98. The zero-order valence-corrected chi connectivity index (χ0v) is 12.4. The summed E-state index contributed by atoms with van der Waals surface area (Å²) >= 11 is 5.53. The second-order valence-corrected chi connectivity index (χ2v) is 4.97. The minimum Gasteiger partial charge on any atom is -0.375 e. The van der Waals surface area contributed by atoms with Crippen molar-refractivity contribution in [1.82, 2.24) is 9.97 Å². The second kappa shape index (κ2) is 6.37. The first-order valence-corrected chi connectivity index (χ1v) is 6.64. The standard InChI is InChI=1S/C13H10ClF3N4O2/c1-7-2-3-8(5-18-7)6-19-9-4-10(13(15,16)17)20-12(14)11(9)21(22)23/h2-5H,6H2,1H3,(H,19,20). The Balaban J connectivity index is 2.36. The van der Waals surface area contributed by atoms with Crippen LogP contribution < -0.4 is 5.32 Å². The van der Waals surface area contributed by atoms with Crippen molar-refractivity contribution in [2.45, 2.75) is 19.6 Å². The Bertz CT molecular complexity index is 735. The smallest absolute Gasteiger partial charge is 0.375 e. The highest BCUT2D eigenvalue weighted by molar-refractivity contribution is 6.32. The zero-order valence-electron chi connectivity index (χ0n) is 11.7. The van der Waals surface area contributed by atoms with Crippen LogP contribution in [-0.2, 0) is 12.7 Å². The summed E-state index contributed by atoms with van der Waals surface area (Å²) in [6.45, 7) is 1.83. The van der Waals surface area contributed by atoms with E-state index in [0.717, 1.165) is 5.69 Å². The maximum atomic E-state index is 12.8. The van der Waals surface area contributed by atoms with Gasteiger partial charge in [-0.1, -0.05) is 17.7 Å². The fourth-order valence-electron chi connectivity index (χ4n) is 1.76.